The summed E-state index contributed by atoms with van der Waals surface area (Å²) in [6, 6.07) is 4.23. The van der Waals surface area contributed by atoms with Crippen LogP contribution in [0.1, 0.15) is 17.5 Å². The standard InChI is InChI=1S/C11H14BrN3S/c1-3-9-5-11(15(2)14-9)13-6-10-4-8(12)7-16-10/h4-5,7,13H,3,6H2,1-2H3. The monoisotopic (exact) mass is 299 g/mol. The molecule has 5 heteroatoms. The van der Waals surface area contributed by atoms with E-state index in [0.717, 1.165) is 29.0 Å². The largest absolute Gasteiger partial charge is 0.365 e. The second-order valence-electron chi connectivity index (χ2n) is 3.58. The van der Waals surface area contributed by atoms with Crippen LogP contribution < -0.4 is 5.32 Å². The van der Waals surface area contributed by atoms with Crippen LogP contribution in [0.2, 0.25) is 0 Å². The second kappa shape index (κ2) is 5.01. The number of anilines is 1. The summed E-state index contributed by atoms with van der Waals surface area (Å²) in [6.07, 6.45) is 0.972. The highest BCUT2D eigenvalue weighted by Gasteiger charge is 2.03. The van der Waals surface area contributed by atoms with E-state index < -0.39 is 0 Å². The van der Waals surface area contributed by atoms with Gasteiger partial charge in [0.1, 0.15) is 5.82 Å². The summed E-state index contributed by atoms with van der Waals surface area (Å²) in [5.74, 6) is 1.07. The fraction of sp³-hybridized carbons (Fsp3) is 0.364. The van der Waals surface area contributed by atoms with Gasteiger partial charge in [-0.25, -0.2) is 0 Å². The maximum Gasteiger partial charge on any atom is 0.124 e. The molecule has 0 unspecified atom stereocenters. The van der Waals surface area contributed by atoms with Crippen LogP contribution in [0.3, 0.4) is 0 Å². The molecule has 0 aromatic carbocycles. The molecule has 0 fully saturated rings. The Morgan fingerprint density at radius 1 is 1.50 bits per heavy atom. The minimum Gasteiger partial charge on any atom is -0.365 e. The number of hydrogen-bond acceptors (Lipinski definition) is 3. The quantitative estimate of drug-likeness (QED) is 0.937. The first kappa shape index (κ1) is 11.7. The van der Waals surface area contributed by atoms with Gasteiger partial charge in [0, 0.05) is 27.8 Å². The van der Waals surface area contributed by atoms with E-state index in [-0.39, 0.29) is 0 Å². The number of nitrogens with zero attached hydrogens (tertiary/aromatic N) is 2. The maximum atomic E-state index is 4.39. The average molecular weight is 300 g/mol. The van der Waals surface area contributed by atoms with Crippen molar-refractivity contribution in [1.82, 2.24) is 9.78 Å². The van der Waals surface area contributed by atoms with E-state index in [1.807, 2.05) is 11.7 Å². The molecule has 2 heterocycles. The Kier molecular flexibility index (Phi) is 3.66. The SMILES string of the molecule is CCc1cc(NCc2cc(Br)cs2)n(C)n1. The van der Waals surface area contributed by atoms with Crippen molar-refractivity contribution in [3.63, 3.8) is 0 Å². The molecule has 86 valence electrons. The first-order chi connectivity index (χ1) is 7.69. The van der Waals surface area contributed by atoms with Gasteiger partial charge in [-0.15, -0.1) is 11.3 Å². The topological polar surface area (TPSA) is 29.9 Å². The normalized spacial score (nSPS) is 10.7. The van der Waals surface area contributed by atoms with E-state index in [9.17, 15) is 0 Å². The number of aryl methyl sites for hydroxylation is 2. The maximum absolute atomic E-state index is 4.39. The summed E-state index contributed by atoms with van der Waals surface area (Å²) in [5.41, 5.74) is 1.12. The summed E-state index contributed by atoms with van der Waals surface area (Å²) in [4.78, 5) is 1.31. The van der Waals surface area contributed by atoms with Crippen molar-refractivity contribution in [2.45, 2.75) is 19.9 Å². The summed E-state index contributed by atoms with van der Waals surface area (Å²) >= 11 is 5.20. The second-order valence-corrected chi connectivity index (χ2v) is 5.49. The molecule has 0 amide bonds. The Hall–Kier alpha value is -0.810. The van der Waals surface area contributed by atoms with E-state index in [1.54, 1.807) is 11.3 Å². The van der Waals surface area contributed by atoms with Gasteiger partial charge in [0.25, 0.3) is 0 Å². The van der Waals surface area contributed by atoms with E-state index in [4.69, 9.17) is 0 Å². The third-order valence-corrected chi connectivity index (χ3v) is 4.06. The Bertz CT molecular complexity index is 475. The summed E-state index contributed by atoms with van der Waals surface area (Å²) < 4.78 is 3.04. The van der Waals surface area contributed by atoms with Crippen molar-refractivity contribution in [3.8, 4) is 0 Å². The van der Waals surface area contributed by atoms with Gasteiger partial charge in [0.05, 0.1) is 12.2 Å². The molecular formula is C11H14BrN3S. The third-order valence-electron chi connectivity index (χ3n) is 2.36. The van der Waals surface area contributed by atoms with Gasteiger partial charge >= 0.3 is 0 Å². The molecule has 16 heavy (non-hydrogen) atoms. The molecule has 0 aliphatic carbocycles. The third kappa shape index (κ3) is 2.65. The first-order valence-corrected chi connectivity index (χ1v) is 6.86. The van der Waals surface area contributed by atoms with E-state index in [0.29, 0.717) is 0 Å². The lowest BCUT2D eigenvalue weighted by molar-refractivity contribution is 0.748. The van der Waals surface area contributed by atoms with Gasteiger partial charge in [-0.2, -0.15) is 5.10 Å². The Morgan fingerprint density at radius 2 is 2.31 bits per heavy atom. The zero-order chi connectivity index (χ0) is 11.5. The van der Waals surface area contributed by atoms with Crippen LogP contribution in [-0.2, 0) is 20.0 Å². The smallest absolute Gasteiger partial charge is 0.124 e. The Morgan fingerprint density at radius 3 is 2.88 bits per heavy atom. The van der Waals surface area contributed by atoms with Crippen LogP contribution >= 0.6 is 27.3 Å². The first-order valence-electron chi connectivity index (χ1n) is 5.18. The average Bonchev–Trinajstić information content (AvgIpc) is 2.82. The molecule has 2 aromatic rings. The highest BCUT2D eigenvalue weighted by molar-refractivity contribution is 9.10. The van der Waals surface area contributed by atoms with Gasteiger partial charge in [0.15, 0.2) is 0 Å². The lowest BCUT2D eigenvalue weighted by Gasteiger charge is -2.03. The highest BCUT2D eigenvalue weighted by Crippen LogP contribution is 2.21. The molecule has 0 saturated heterocycles. The van der Waals surface area contributed by atoms with Crippen molar-refractivity contribution < 1.29 is 0 Å². The van der Waals surface area contributed by atoms with Crippen molar-refractivity contribution in [3.05, 3.63) is 32.6 Å². The molecule has 2 rings (SSSR count). The van der Waals surface area contributed by atoms with Gasteiger partial charge in [-0.05, 0) is 28.4 Å². The molecule has 0 bridgehead atoms. The van der Waals surface area contributed by atoms with Crippen LogP contribution in [0, 0.1) is 0 Å². The number of thiophene rings is 1. The summed E-state index contributed by atoms with van der Waals surface area (Å²) in [5, 5.41) is 9.88. The lowest BCUT2D eigenvalue weighted by atomic mass is 10.3. The zero-order valence-electron chi connectivity index (χ0n) is 9.33. The van der Waals surface area contributed by atoms with Crippen molar-refractivity contribution in [1.29, 1.82) is 0 Å². The number of hydrogen-bond donors (Lipinski definition) is 1. The number of halogens is 1. The predicted octanol–water partition coefficient (Wildman–Crippen LogP) is 3.42. The summed E-state index contributed by atoms with van der Waals surface area (Å²) in [7, 11) is 1.96. The number of nitrogens with one attached hydrogen (secondary N) is 1. The highest BCUT2D eigenvalue weighted by atomic mass is 79.9. The minimum absolute atomic E-state index is 0.846. The van der Waals surface area contributed by atoms with Gasteiger partial charge in [-0.1, -0.05) is 6.92 Å². The van der Waals surface area contributed by atoms with E-state index in [2.05, 4.69) is 50.8 Å². The number of rotatable bonds is 4. The molecule has 0 radical (unpaired) electrons. The minimum atomic E-state index is 0.846. The van der Waals surface area contributed by atoms with Gasteiger partial charge in [0.2, 0.25) is 0 Å². The van der Waals surface area contributed by atoms with Crippen LogP contribution in [-0.4, -0.2) is 9.78 Å². The Labute approximate surface area is 108 Å². The van der Waals surface area contributed by atoms with E-state index >= 15 is 0 Å². The predicted molar refractivity (Wildman–Crippen MR) is 71.9 cm³/mol. The lowest BCUT2D eigenvalue weighted by Crippen LogP contribution is -2.03. The molecule has 2 aromatic heterocycles. The van der Waals surface area contributed by atoms with Crippen molar-refractivity contribution >= 4 is 33.1 Å². The molecule has 0 spiro atoms. The van der Waals surface area contributed by atoms with Crippen LogP contribution in [0.4, 0.5) is 5.82 Å². The Balaban J connectivity index is 2.01. The van der Waals surface area contributed by atoms with E-state index in [1.165, 1.54) is 4.88 Å². The number of aromatic nitrogens is 2. The molecule has 0 aliphatic rings. The molecular weight excluding hydrogens is 286 g/mol. The zero-order valence-corrected chi connectivity index (χ0v) is 11.7. The van der Waals surface area contributed by atoms with Crippen LogP contribution in [0.25, 0.3) is 0 Å². The van der Waals surface area contributed by atoms with Gasteiger partial charge < -0.3 is 5.32 Å². The van der Waals surface area contributed by atoms with Crippen LogP contribution in [0.15, 0.2) is 22.0 Å². The van der Waals surface area contributed by atoms with Gasteiger partial charge in [-0.3, -0.25) is 4.68 Å². The molecule has 3 nitrogen and oxygen atoms in total. The fourth-order valence-electron chi connectivity index (χ4n) is 1.49. The fourth-order valence-corrected chi connectivity index (χ4v) is 2.88. The van der Waals surface area contributed by atoms with Crippen LogP contribution in [0.5, 0.6) is 0 Å². The molecule has 1 N–H and O–H groups in total. The molecule has 0 saturated carbocycles. The van der Waals surface area contributed by atoms with Crippen molar-refractivity contribution in [2.24, 2.45) is 7.05 Å². The molecule has 0 aliphatic heterocycles. The van der Waals surface area contributed by atoms with Crippen molar-refractivity contribution in [2.75, 3.05) is 5.32 Å². The molecule has 0 atom stereocenters. The summed E-state index contributed by atoms with van der Waals surface area (Å²) in [6.45, 7) is 2.96.